The van der Waals surface area contributed by atoms with E-state index in [4.69, 9.17) is 15.2 Å². The minimum Gasteiger partial charge on any atom is -0.467 e. The molecule has 2 aromatic carbocycles. The van der Waals surface area contributed by atoms with Gasteiger partial charge in [0.25, 0.3) is 0 Å². The fourth-order valence-corrected chi connectivity index (χ4v) is 2.67. The third kappa shape index (κ3) is 6.92. The number of anilines is 1. The molecule has 0 radical (unpaired) electrons. The van der Waals surface area contributed by atoms with Crippen LogP contribution in [0.1, 0.15) is 11.1 Å². The van der Waals surface area contributed by atoms with Crippen molar-refractivity contribution in [1.29, 1.82) is 0 Å². The predicted molar refractivity (Wildman–Crippen MR) is 109 cm³/mol. The summed E-state index contributed by atoms with van der Waals surface area (Å²) in [4.78, 5) is 4.14. The molecule has 158 valence electrons. The first-order valence-corrected chi connectivity index (χ1v) is 8.25. The summed E-state index contributed by atoms with van der Waals surface area (Å²) in [5.41, 5.74) is 7.52. The van der Waals surface area contributed by atoms with Crippen LogP contribution >= 0.6 is 24.0 Å². The summed E-state index contributed by atoms with van der Waals surface area (Å²) < 4.78 is 64.5. The Balaban J connectivity index is 0.00000300. The van der Waals surface area contributed by atoms with E-state index >= 15 is 0 Å². The van der Waals surface area contributed by atoms with Gasteiger partial charge in [0.05, 0.1) is 6.61 Å². The topological polar surface area (TPSA) is 78.1 Å². The van der Waals surface area contributed by atoms with Gasteiger partial charge in [0.1, 0.15) is 17.3 Å². The number of halogens is 5. The van der Waals surface area contributed by atoms with E-state index in [1.54, 1.807) is 0 Å². The lowest BCUT2D eigenvalue weighted by atomic mass is 10.1. The molecule has 0 aromatic heterocycles. The van der Waals surface area contributed by atoms with Gasteiger partial charge in [0.2, 0.25) is 0 Å². The highest BCUT2D eigenvalue weighted by Crippen LogP contribution is 2.29. The highest BCUT2D eigenvalue weighted by molar-refractivity contribution is 14.0. The van der Waals surface area contributed by atoms with Gasteiger partial charge in [-0.15, -0.1) is 37.1 Å². The Morgan fingerprint density at radius 1 is 1.21 bits per heavy atom. The molecule has 0 atom stereocenters. The summed E-state index contributed by atoms with van der Waals surface area (Å²) >= 11 is 0. The Kier molecular flexibility index (Phi) is 7.90. The summed E-state index contributed by atoms with van der Waals surface area (Å²) in [6.07, 6.45) is -4.36. The summed E-state index contributed by atoms with van der Waals surface area (Å²) in [5.74, 6) is -0.0684. The van der Waals surface area contributed by atoms with Gasteiger partial charge in [0, 0.05) is 17.8 Å². The maximum Gasteiger partial charge on any atom is 0.573 e. The maximum atomic E-state index is 13.7. The van der Waals surface area contributed by atoms with Crippen LogP contribution < -0.4 is 20.5 Å². The number of ether oxygens (including phenoxy) is 3. The Labute approximate surface area is 181 Å². The van der Waals surface area contributed by atoms with E-state index in [1.807, 2.05) is 0 Å². The summed E-state index contributed by atoms with van der Waals surface area (Å²) in [6, 6.07) is 7.80. The molecule has 0 amide bonds. The van der Waals surface area contributed by atoms with E-state index in [0.717, 1.165) is 12.1 Å². The molecule has 1 aliphatic heterocycles. The van der Waals surface area contributed by atoms with Crippen molar-refractivity contribution in [2.75, 3.05) is 18.7 Å². The number of rotatable bonds is 5. The molecule has 0 saturated carbocycles. The van der Waals surface area contributed by atoms with E-state index in [-0.39, 0.29) is 61.4 Å². The molecule has 11 heteroatoms. The molecule has 1 aliphatic rings. The van der Waals surface area contributed by atoms with Crippen molar-refractivity contribution in [3.63, 3.8) is 0 Å². The first-order valence-electron chi connectivity index (χ1n) is 8.25. The summed E-state index contributed by atoms with van der Waals surface area (Å²) in [7, 11) is 0. The number of guanidine groups is 1. The predicted octanol–water partition coefficient (Wildman–Crippen LogP) is 4.18. The van der Waals surface area contributed by atoms with Crippen molar-refractivity contribution in [3.05, 3.63) is 53.3 Å². The molecule has 3 N–H and O–H groups in total. The van der Waals surface area contributed by atoms with E-state index in [2.05, 4.69) is 15.0 Å². The fourth-order valence-electron chi connectivity index (χ4n) is 2.67. The molecule has 6 nitrogen and oxygen atoms in total. The molecule has 0 spiro atoms. The van der Waals surface area contributed by atoms with Crippen molar-refractivity contribution >= 4 is 35.6 Å². The average Bonchev–Trinajstić information content (AvgIpc) is 2.62. The molecule has 0 fully saturated rings. The average molecular weight is 527 g/mol. The molecule has 0 aliphatic carbocycles. The van der Waals surface area contributed by atoms with Gasteiger partial charge in [-0.1, -0.05) is 0 Å². The molecule has 3 rings (SSSR count). The van der Waals surface area contributed by atoms with Gasteiger partial charge < -0.3 is 25.3 Å². The number of nitrogens with two attached hydrogens (primary N) is 1. The molecule has 1 heterocycles. The maximum absolute atomic E-state index is 13.7. The van der Waals surface area contributed by atoms with Crippen molar-refractivity contribution in [2.45, 2.75) is 19.4 Å². The lowest BCUT2D eigenvalue weighted by Gasteiger charge is -2.20. The highest BCUT2D eigenvalue weighted by atomic mass is 127. The second-order valence-corrected chi connectivity index (χ2v) is 5.88. The third-order valence-electron chi connectivity index (χ3n) is 3.78. The van der Waals surface area contributed by atoms with Crippen LogP contribution in [0.4, 0.5) is 23.2 Å². The van der Waals surface area contributed by atoms with E-state index < -0.39 is 6.36 Å². The molecule has 0 unspecified atom stereocenters. The van der Waals surface area contributed by atoms with Crippen LogP contribution in [0.2, 0.25) is 0 Å². The van der Waals surface area contributed by atoms with Gasteiger partial charge >= 0.3 is 6.36 Å². The molecule has 2 aromatic rings. The van der Waals surface area contributed by atoms with Crippen LogP contribution in [-0.4, -0.2) is 25.7 Å². The molecular weight excluding hydrogens is 509 g/mol. The molecule has 0 bridgehead atoms. The van der Waals surface area contributed by atoms with E-state index in [9.17, 15) is 17.6 Å². The Morgan fingerprint density at radius 3 is 2.62 bits per heavy atom. The van der Waals surface area contributed by atoms with Gasteiger partial charge in [-0.05, 0) is 48.4 Å². The number of hydrogen-bond acceptors (Lipinski definition) is 4. The zero-order chi connectivity index (χ0) is 20.1. The number of fused-ring (bicyclic) bond motifs is 1. The lowest BCUT2D eigenvalue weighted by molar-refractivity contribution is -0.274. The normalized spacial score (nSPS) is 13.7. The number of hydrogen-bond donors (Lipinski definition) is 2. The first-order chi connectivity index (χ1) is 13.3. The van der Waals surface area contributed by atoms with Crippen LogP contribution in [0, 0.1) is 5.82 Å². The van der Waals surface area contributed by atoms with Gasteiger partial charge in [-0.25, -0.2) is 4.39 Å². The Bertz CT molecular complexity index is 861. The Morgan fingerprint density at radius 2 is 1.93 bits per heavy atom. The minimum atomic E-state index is -4.75. The first kappa shape index (κ1) is 23.0. The zero-order valence-electron chi connectivity index (χ0n) is 15.0. The second kappa shape index (κ2) is 9.96. The molecule has 0 saturated heterocycles. The summed E-state index contributed by atoms with van der Waals surface area (Å²) in [5, 5.41) is 2.76. The second-order valence-electron chi connectivity index (χ2n) is 5.88. The molecule has 29 heavy (non-hydrogen) atoms. The van der Waals surface area contributed by atoms with Crippen LogP contribution in [0.25, 0.3) is 0 Å². The lowest BCUT2D eigenvalue weighted by Crippen LogP contribution is -2.23. The largest absolute Gasteiger partial charge is 0.573 e. The number of aliphatic imine (C=N–C) groups is 1. The number of nitrogens with zero attached hydrogens (tertiary/aromatic N) is 1. The van der Waals surface area contributed by atoms with Gasteiger partial charge in [-0.3, -0.25) is 4.99 Å². The van der Waals surface area contributed by atoms with Gasteiger partial charge in [0.15, 0.2) is 12.8 Å². The smallest absolute Gasteiger partial charge is 0.467 e. The highest BCUT2D eigenvalue weighted by Gasteiger charge is 2.30. The number of alkyl halides is 3. The van der Waals surface area contributed by atoms with Crippen LogP contribution in [-0.2, 0) is 17.8 Å². The van der Waals surface area contributed by atoms with Crippen molar-refractivity contribution in [2.24, 2.45) is 10.7 Å². The van der Waals surface area contributed by atoms with E-state index in [1.165, 1.54) is 24.3 Å². The standard InChI is InChI=1S/C18H17F4N3O3.HI/c19-13-7-11(16-12(8-13)9-26-10-27-16)5-6-24-17(23)25-14-1-3-15(4-2-14)28-18(20,21)22;/h1-4,7-8H,5-6,9-10H2,(H3,23,24,25);1H. The summed E-state index contributed by atoms with van der Waals surface area (Å²) in [6.45, 7) is 0.641. The van der Waals surface area contributed by atoms with Crippen molar-refractivity contribution < 1.29 is 31.8 Å². The quantitative estimate of drug-likeness (QED) is 0.264. The third-order valence-corrected chi connectivity index (χ3v) is 3.78. The SMILES string of the molecule is I.NC(=NCCc1cc(F)cc2c1OCOC2)Nc1ccc(OC(F)(F)F)cc1. The number of benzene rings is 2. The zero-order valence-corrected chi connectivity index (χ0v) is 17.3. The Hall–Kier alpha value is -2.28. The minimum absolute atomic E-state index is 0. The van der Waals surface area contributed by atoms with Crippen LogP contribution in [0.5, 0.6) is 11.5 Å². The molecular formula is C18H18F4IN3O3. The van der Waals surface area contributed by atoms with Crippen molar-refractivity contribution in [3.8, 4) is 11.5 Å². The van der Waals surface area contributed by atoms with Gasteiger partial charge in [-0.2, -0.15) is 0 Å². The number of nitrogens with one attached hydrogen (secondary N) is 1. The van der Waals surface area contributed by atoms with Crippen molar-refractivity contribution in [1.82, 2.24) is 0 Å². The van der Waals surface area contributed by atoms with Crippen LogP contribution in [0.15, 0.2) is 41.4 Å². The van der Waals surface area contributed by atoms with Crippen LogP contribution in [0.3, 0.4) is 0 Å². The monoisotopic (exact) mass is 527 g/mol. The van der Waals surface area contributed by atoms with E-state index in [0.29, 0.717) is 29.0 Å². The fraction of sp³-hybridized carbons (Fsp3) is 0.278.